The molecule has 5 heteroatoms. The average Bonchev–Trinajstić information content (AvgIpc) is 2.52. The second kappa shape index (κ2) is 6.23. The van der Waals surface area contributed by atoms with Gasteiger partial charge in [-0.3, -0.25) is 0 Å². The molecule has 0 N–H and O–H groups in total. The molecular weight excluding hydrogens is 289 g/mol. The van der Waals surface area contributed by atoms with Gasteiger partial charge >= 0.3 is 6.18 Å². The van der Waals surface area contributed by atoms with Crippen LogP contribution in [-0.4, -0.2) is 0 Å². The summed E-state index contributed by atoms with van der Waals surface area (Å²) in [7, 11) is 0. The highest BCUT2D eigenvalue weighted by Gasteiger charge is 2.40. The Morgan fingerprint density at radius 3 is 2.27 bits per heavy atom. The third-order valence-corrected chi connectivity index (χ3v) is 4.13. The molecule has 0 bridgehead atoms. The minimum Gasteiger partial charge on any atom is -0.197 e. The Hall–Kier alpha value is -2.27. The first kappa shape index (κ1) is 16.1. The number of nitrogens with zero attached hydrogens (tertiary/aromatic N) is 2. The summed E-state index contributed by atoms with van der Waals surface area (Å²) < 4.78 is 37.5. The Labute approximate surface area is 127 Å². The number of nitriles is 2. The molecule has 114 valence electrons. The molecule has 1 aromatic rings. The summed E-state index contributed by atoms with van der Waals surface area (Å²) in [5.74, 6) is -0.182. The zero-order valence-electron chi connectivity index (χ0n) is 11.9. The molecule has 0 radical (unpaired) electrons. The van der Waals surface area contributed by atoms with Crippen LogP contribution in [0.5, 0.6) is 0 Å². The standard InChI is InChI=1S/C17H15F3N2/c18-17(19,20)15-8-5-13(6-9-15)4-7-14-3-1-2-10-16(14,11-21)12-22/h4-9,14H,1-3,10H2/b7-4+. The summed E-state index contributed by atoms with van der Waals surface area (Å²) in [4.78, 5) is 0. The Morgan fingerprint density at radius 2 is 1.73 bits per heavy atom. The first-order valence-corrected chi connectivity index (χ1v) is 7.09. The maximum Gasteiger partial charge on any atom is 0.416 e. The lowest BCUT2D eigenvalue weighted by molar-refractivity contribution is -0.137. The molecule has 2 nitrogen and oxygen atoms in total. The van der Waals surface area contributed by atoms with Gasteiger partial charge in [0.2, 0.25) is 0 Å². The van der Waals surface area contributed by atoms with Crippen molar-refractivity contribution in [2.24, 2.45) is 11.3 Å². The Balaban J connectivity index is 2.17. The van der Waals surface area contributed by atoms with E-state index in [-0.39, 0.29) is 5.92 Å². The molecule has 1 fully saturated rings. The topological polar surface area (TPSA) is 47.6 Å². The summed E-state index contributed by atoms with van der Waals surface area (Å²) in [5.41, 5.74) is -1.07. The number of alkyl halides is 3. The van der Waals surface area contributed by atoms with E-state index in [1.807, 2.05) is 0 Å². The predicted octanol–water partition coefficient (Wildman–Crippen LogP) is 4.94. The van der Waals surface area contributed by atoms with E-state index in [1.165, 1.54) is 12.1 Å². The van der Waals surface area contributed by atoms with Gasteiger partial charge in [-0.2, -0.15) is 23.7 Å². The number of allylic oxidation sites excluding steroid dienone is 1. The van der Waals surface area contributed by atoms with Crippen molar-refractivity contribution in [3.05, 3.63) is 41.5 Å². The van der Waals surface area contributed by atoms with Gasteiger partial charge in [0.15, 0.2) is 0 Å². The smallest absolute Gasteiger partial charge is 0.197 e. The lowest BCUT2D eigenvalue weighted by atomic mass is 9.68. The highest BCUT2D eigenvalue weighted by molar-refractivity contribution is 5.51. The van der Waals surface area contributed by atoms with Crippen molar-refractivity contribution in [1.29, 1.82) is 10.5 Å². The number of benzene rings is 1. The van der Waals surface area contributed by atoms with Crippen LogP contribution in [0.4, 0.5) is 13.2 Å². The van der Waals surface area contributed by atoms with Gasteiger partial charge in [0.05, 0.1) is 17.7 Å². The maximum absolute atomic E-state index is 12.5. The zero-order chi connectivity index (χ0) is 16.2. The number of halogens is 3. The molecule has 0 heterocycles. The Morgan fingerprint density at radius 1 is 1.09 bits per heavy atom. The first-order chi connectivity index (χ1) is 10.4. The molecule has 1 aliphatic carbocycles. The largest absolute Gasteiger partial charge is 0.416 e. The van der Waals surface area contributed by atoms with E-state index in [0.29, 0.717) is 12.0 Å². The van der Waals surface area contributed by atoms with Gasteiger partial charge in [-0.05, 0) is 30.5 Å². The molecule has 1 aromatic carbocycles. The van der Waals surface area contributed by atoms with Crippen molar-refractivity contribution in [3.8, 4) is 12.1 Å². The third-order valence-electron chi connectivity index (χ3n) is 4.13. The van der Waals surface area contributed by atoms with Gasteiger partial charge in [0.25, 0.3) is 0 Å². The summed E-state index contributed by atoms with van der Waals surface area (Å²) >= 11 is 0. The van der Waals surface area contributed by atoms with Gasteiger partial charge in [0, 0.05) is 5.92 Å². The number of hydrogen-bond donors (Lipinski definition) is 0. The molecule has 22 heavy (non-hydrogen) atoms. The lowest BCUT2D eigenvalue weighted by Crippen LogP contribution is -2.29. The molecule has 1 saturated carbocycles. The first-order valence-electron chi connectivity index (χ1n) is 7.09. The highest BCUT2D eigenvalue weighted by atomic mass is 19.4. The average molecular weight is 304 g/mol. The van der Waals surface area contributed by atoms with E-state index < -0.39 is 17.2 Å². The quantitative estimate of drug-likeness (QED) is 0.776. The fraction of sp³-hybridized carbons (Fsp3) is 0.412. The van der Waals surface area contributed by atoms with E-state index >= 15 is 0 Å². The molecule has 0 saturated heterocycles. The van der Waals surface area contributed by atoms with Gasteiger partial charge < -0.3 is 0 Å². The molecular formula is C17H15F3N2. The predicted molar refractivity (Wildman–Crippen MR) is 76.1 cm³/mol. The number of rotatable bonds is 2. The monoisotopic (exact) mass is 304 g/mol. The van der Waals surface area contributed by atoms with Crippen molar-refractivity contribution >= 4 is 6.08 Å². The van der Waals surface area contributed by atoms with Crippen LogP contribution in [0.2, 0.25) is 0 Å². The van der Waals surface area contributed by atoms with Gasteiger partial charge in [-0.25, -0.2) is 0 Å². The van der Waals surface area contributed by atoms with Crippen LogP contribution in [0.1, 0.15) is 36.8 Å². The van der Waals surface area contributed by atoms with E-state index in [9.17, 15) is 23.7 Å². The van der Waals surface area contributed by atoms with Crippen LogP contribution in [0.25, 0.3) is 6.08 Å². The zero-order valence-corrected chi connectivity index (χ0v) is 11.9. The SMILES string of the molecule is N#CC1(C#N)CCCCC1/C=C/c1ccc(C(F)(F)F)cc1. The minimum atomic E-state index is -4.34. The van der Waals surface area contributed by atoms with Crippen molar-refractivity contribution in [3.63, 3.8) is 0 Å². The summed E-state index contributed by atoms with van der Waals surface area (Å²) in [6.45, 7) is 0. The van der Waals surface area contributed by atoms with Crippen LogP contribution in [0.3, 0.4) is 0 Å². The van der Waals surface area contributed by atoms with Crippen molar-refractivity contribution in [1.82, 2.24) is 0 Å². The van der Waals surface area contributed by atoms with E-state index in [2.05, 4.69) is 12.1 Å². The second-order valence-corrected chi connectivity index (χ2v) is 5.53. The molecule has 2 rings (SSSR count). The van der Waals surface area contributed by atoms with Crippen molar-refractivity contribution < 1.29 is 13.2 Å². The van der Waals surface area contributed by atoms with Crippen LogP contribution in [0, 0.1) is 34.0 Å². The molecule has 1 aliphatic rings. The summed E-state index contributed by atoms with van der Waals surface area (Å²) in [6.07, 6.45) is 2.23. The number of hydrogen-bond acceptors (Lipinski definition) is 2. The van der Waals surface area contributed by atoms with Crippen LogP contribution in [-0.2, 0) is 6.18 Å². The Kier molecular flexibility index (Phi) is 4.56. The van der Waals surface area contributed by atoms with Gasteiger partial charge in [-0.1, -0.05) is 37.1 Å². The van der Waals surface area contributed by atoms with Crippen molar-refractivity contribution in [2.75, 3.05) is 0 Å². The normalized spacial score (nSPS) is 21.2. The minimum absolute atomic E-state index is 0.182. The molecule has 0 amide bonds. The van der Waals surface area contributed by atoms with E-state index in [1.54, 1.807) is 12.2 Å². The molecule has 1 atom stereocenters. The maximum atomic E-state index is 12.5. The van der Waals surface area contributed by atoms with E-state index in [4.69, 9.17) is 0 Å². The summed E-state index contributed by atoms with van der Waals surface area (Å²) in [6, 6.07) is 9.09. The van der Waals surface area contributed by atoms with Crippen LogP contribution < -0.4 is 0 Å². The third kappa shape index (κ3) is 3.31. The van der Waals surface area contributed by atoms with Crippen LogP contribution in [0.15, 0.2) is 30.3 Å². The highest BCUT2D eigenvalue weighted by Crippen LogP contribution is 2.41. The van der Waals surface area contributed by atoms with Crippen LogP contribution >= 0.6 is 0 Å². The fourth-order valence-electron chi connectivity index (χ4n) is 2.77. The van der Waals surface area contributed by atoms with Gasteiger partial charge in [0.1, 0.15) is 5.41 Å². The Bertz CT molecular complexity index is 616. The molecule has 0 aliphatic heterocycles. The molecule has 0 spiro atoms. The lowest BCUT2D eigenvalue weighted by Gasteiger charge is -2.31. The van der Waals surface area contributed by atoms with Crippen molar-refractivity contribution in [2.45, 2.75) is 31.9 Å². The molecule has 0 aromatic heterocycles. The fourth-order valence-corrected chi connectivity index (χ4v) is 2.77. The summed E-state index contributed by atoms with van der Waals surface area (Å²) in [5, 5.41) is 18.6. The second-order valence-electron chi connectivity index (χ2n) is 5.53. The van der Waals surface area contributed by atoms with Gasteiger partial charge in [-0.15, -0.1) is 0 Å². The molecule has 1 unspecified atom stereocenters. The van der Waals surface area contributed by atoms with E-state index in [0.717, 1.165) is 31.4 Å².